The van der Waals surface area contributed by atoms with Gasteiger partial charge in [-0.1, -0.05) is 44.0 Å². The Balaban J connectivity index is 2.07. The summed E-state index contributed by atoms with van der Waals surface area (Å²) >= 11 is 0. The molecule has 1 N–H and O–H groups in total. The molecule has 1 atom stereocenters. The largest absolute Gasteiger partial charge is 0.388 e. The second-order valence-electron chi connectivity index (χ2n) is 5.32. The molecular formula is C15H22O. The predicted octanol–water partition coefficient (Wildman–Crippen LogP) is 3.85. The van der Waals surface area contributed by atoms with Crippen molar-refractivity contribution < 1.29 is 5.11 Å². The zero-order chi connectivity index (χ0) is 11.5. The third-order valence-corrected chi connectivity index (χ3v) is 4.01. The second kappa shape index (κ2) is 5.01. The third-order valence-electron chi connectivity index (χ3n) is 4.01. The van der Waals surface area contributed by atoms with Crippen molar-refractivity contribution in [3.8, 4) is 0 Å². The molecule has 1 fully saturated rings. The van der Waals surface area contributed by atoms with Crippen LogP contribution in [-0.2, 0) is 0 Å². The van der Waals surface area contributed by atoms with Crippen molar-refractivity contribution >= 4 is 0 Å². The number of rotatable bonds is 2. The molecule has 0 saturated heterocycles. The van der Waals surface area contributed by atoms with Crippen molar-refractivity contribution in [2.24, 2.45) is 11.8 Å². The molecule has 1 unspecified atom stereocenters. The lowest BCUT2D eigenvalue weighted by molar-refractivity contribution is 0.0751. The van der Waals surface area contributed by atoms with Crippen molar-refractivity contribution in [3.05, 3.63) is 35.4 Å². The minimum Gasteiger partial charge on any atom is -0.388 e. The normalized spacial score (nSPS) is 27.7. The Morgan fingerprint density at radius 3 is 2.38 bits per heavy atom. The van der Waals surface area contributed by atoms with Gasteiger partial charge in [0.15, 0.2) is 0 Å². The summed E-state index contributed by atoms with van der Waals surface area (Å²) in [5, 5.41) is 10.4. The van der Waals surface area contributed by atoms with Gasteiger partial charge in [-0.25, -0.2) is 0 Å². The van der Waals surface area contributed by atoms with Crippen LogP contribution in [0.3, 0.4) is 0 Å². The Morgan fingerprint density at radius 1 is 1.12 bits per heavy atom. The molecule has 88 valence electrons. The number of aliphatic hydroxyl groups is 1. The van der Waals surface area contributed by atoms with E-state index >= 15 is 0 Å². The van der Waals surface area contributed by atoms with Gasteiger partial charge in [-0.3, -0.25) is 0 Å². The van der Waals surface area contributed by atoms with E-state index in [1.807, 2.05) is 12.1 Å². The Kier molecular flexibility index (Phi) is 3.65. The summed E-state index contributed by atoms with van der Waals surface area (Å²) in [5.74, 6) is 1.32. The van der Waals surface area contributed by atoms with Crippen LogP contribution in [0.25, 0.3) is 0 Å². The van der Waals surface area contributed by atoms with Crippen molar-refractivity contribution in [1.29, 1.82) is 0 Å². The lowest BCUT2D eigenvalue weighted by atomic mass is 9.78. The van der Waals surface area contributed by atoms with Gasteiger partial charge >= 0.3 is 0 Å². The first-order valence-electron chi connectivity index (χ1n) is 6.42. The highest BCUT2D eigenvalue weighted by atomic mass is 16.3. The van der Waals surface area contributed by atoms with Gasteiger partial charge in [0.1, 0.15) is 0 Å². The first-order chi connectivity index (χ1) is 7.68. The van der Waals surface area contributed by atoms with Crippen LogP contribution >= 0.6 is 0 Å². The van der Waals surface area contributed by atoms with Crippen LogP contribution in [0.4, 0.5) is 0 Å². The first kappa shape index (κ1) is 11.7. The molecule has 16 heavy (non-hydrogen) atoms. The van der Waals surface area contributed by atoms with Crippen LogP contribution in [0.15, 0.2) is 24.3 Å². The number of aryl methyl sites for hydroxylation is 1. The summed E-state index contributed by atoms with van der Waals surface area (Å²) in [6.07, 6.45) is 4.64. The lowest BCUT2D eigenvalue weighted by Gasteiger charge is -2.30. The van der Waals surface area contributed by atoms with Gasteiger partial charge in [0.2, 0.25) is 0 Å². The molecule has 0 aromatic heterocycles. The summed E-state index contributed by atoms with van der Waals surface area (Å²) in [6.45, 7) is 4.40. The maximum atomic E-state index is 10.4. The molecule has 1 nitrogen and oxygen atoms in total. The van der Waals surface area contributed by atoms with Gasteiger partial charge in [-0.2, -0.15) is 0 Å². The summed E-state index contributed by atoms with van der Waals surface area (Å²) in [4.78, 5) is 0. The van der Waals surface area contributed by atoms with Gasteiger partial charge < -0.3 is 5.11 Å². The molecule has 0 spiro atoms. The minimum absolute atomic E-state index is 0.256. The van der Waals surface area contributed by atoms with Gasteiger partial charge in [0, 0.05) is 0 Å². The Morgan fingerprint density at radius 2 is 1.75 bits per heavy atom. The molecular weight excluding hydrogens is 196 g/mol. The van der Waals surface area contributed by atoms with Crippen LogP contribution in [-0.4, -0.2) is 5.11 Å². The number of hydrogen-bond acceptors (Lipinski definition) is 1. The van der Waals surface area contributed by atoms with E-state index in [0.29, 0.717) is 5.92 Å². The molecule has 2 rings (SSSR count). The molecule has 1 aromatic rings. The molecule has 0 amide bonds. The van der Waals surface area contributed by atoms with E-state index in [2.05, 4.69) is 26.0 Å². The highest BCUT2D eigenvalue weighted by molar-refractivity contribution is 5.28. The highest BCUT2D eigenvalue weighted by Crippen LogP contribution is 2.37. The van der Waals surface area contributed by atoms with Crippen molar-refractivity contribution in [2.45, 2.75) is 45.6 Å². The second-order valence-corrected chi connectivity index (χ2v) is 5.32. The zero-order valence-electron chi connectivity index (χ0n) is 10.3. The van der Waals surface area contributed by atoms with Gasteiger partial charge in [-0.15, -0.1) is 0 Å². The average Bonchev–Trinajstić information content (AvgIpc) is 2.30. The van der Waals surface area contributed by atoms with Crippen molar-refractivity contribution in [1.82, 2.24) is 0 Å². The van der Waals surface area contributed by atoms with Crippen molar-refractivity contribution in [2.75, 3.05) is 0 Å². The van der Waals surface area contributed by atoms with E-state index < -0.39 is 0 Å². The first-order valence-corrected chi connectivity index (χ1v) is 6.42. The van der Waals surface area contributed by atoms with E-state index in [9.17, 15) is 5.11 Å². The fraction of sp³-hybridized carbons (Fsp3) is 0.600. The lowest BCUT2D eigenvalue weighted by Crippen LogP contribution is -2.19. The summed E-state index contributed by atoms with van der Waals surface area (Å²) in [5.41, 5.74) is 2.34. The summed E-state index contributed by atoms with van der Waals surface area (Å²) < 4.78 is 0. The van der Waals surface area contributed by atoms with E-state index in [1.54, 1.807) is 0 Å². The fourth-order valence-corrected chi connectivity index (χ4v) is 2.77. The monoisotopic (exact) mass is 218 g/mol. The molecule has 0 heterocycles. The summed E-state index contributed by atoms with van der Waals surface area (Å²) in [6, 6.07) is 8.22. The van der Waals surface area contributed by atoms with E-state index in [1.165, 1.54) is 31.2 Å². The highest BCUT2D eigenvalue weighted by Gasteiger charge is 2.26. The Hall–Kier alpha value is -0.820. The van der Waals surface area contributed by atoms with E-state index in [4.69, 9.17) is 0 Å². The van der Waals surface area contributed by atoms with Crippen LogP contribution in [0.5, 0.6) is 0 Å². The van der Waals surface area contributed by atoms with Gasteiger partial charge in [0.25, 0.3) is 0 Å². The third kappa shape index (κ3) is 2.46. The zero-order valence-corrected chi connectivity index (χ0v) is 10.3. The van der Waals surface area contributed by atoms with Crippen LogP contribution < -0.4 is 0 Å². The Bertz CT molecular complexity index is 337. The minimum atomic E-state index is -0.256. The molecule has 0 bridgehead atoms. The molecule has 1 aliphatic rings. The maximum Gasteiger partial charge on any atom is 0.0820 e. The van der Waals surface area contributed by atoms with Crippen LogP contribution in [0, 0.1) is 18.8 Å². The molecule has 1 heteroatoms. The van der Waals surface area contributed by atoms with Gasteiger partial charge in [0.05, 0.1) is 6.10 Å². The molecule has 0 aliphatic heterocycles. The van der Waals surface area contributed by atoms with Gasteiger partial charge in [-0.05, 0) is 42.7 Å². The van der Waals surface area contributed by atoms with Crippen molar-refractivity contribution in [3.63, 3.8) is 0 Å². The molecule has 0 radical (unpaired) electrons. The SMILES string of the molecule is Cc1ccccc1C(O)C1CCC(C)CC1. The number of aliphatic hydroxyl groups excluding tert-OH is 1. The molecule has 1 aromatic carbocycles. The average molecular weight is 218 g/mol. The number of benzene rings is 1. The maximum absolute atomic E-state index is 10.4. The standard InChI is InChI=1S/C15H22O/c1-11-7-9-13(10-8-11)15(16)14-6-4-3-5-12(14)2/h3-6,11,13,15-16H,7-10H2,1-2H3. The van der Waals surface area contributed by atoms with E-state index in [0.717, 1.165) is 11.5 Å². The quantitative estimate of drug-likeness (QED) is 0.799. The fourth-order valence-electron chi connectivity index (χ4n) is 2.77. The Labute approximate surface area is 98.5 Å². The van der Waals surface area contributed by atoms with Crippen LogP contribution in [0.1, 0.15) is 49.8 Å². The number of hydrogen-bond donors (Lipinski definition) is 1. The molecule has 1 aliphatic carbocycles. The van der Waals surface area contributed by atoms with Crippen LogP contribution in [0.2, 0.25) is 0 Å². The molecule has 1 saturated carbocycles. The summed E-state index contributed by atoms with van der Waals surface area (Å²) in [7, 11) is 0. The predicted molar refractivity (Wildman–Crippen MR) is 67.3 cm³/mol. The topological polar surface area (TPSA) is 20.2 Å². The smallest absolute Gasteiger partial charge is 0.0820 e. The van der Waals surface area contributed by atoms with E-state index in [-0.39, 0.29) is 6.10 Å².